The van der Waals surface area contributed by atoms with E-state index in [1.165, 1.54) is 17.7 Å². The van der Waals surface area contributed by atoms with E-state index in [-0.39, 0.29) is 5.82 Å². The number of fused-ring (bicyclic) bond motifs is 1. The fourth-order valence-corrected chi connectivity index (χ4v) is 3.41. The molecule has 0 unspecified atom stereocenters. The van der Waals surface area contributed by atoms with Crippen molar-refractivity contribution >= 4 is 34.1 Å². The molecule has 0 amide bonds. The van der Waals surface area contributed by atoms with Crippen molar-refractivity contribution in [3.05, 3.63) is 71.1 Å². The Bertz CT molecular complexity index is 1140. The minimum absolute atomic E-state index is 0.273. The molecule has 142 valence electrons. The zero-order valence-electron chi connectivity index (χ0n) is 15.7. The summed E-state index contributed by atoms with van der Waals surface area (Å²) in [6.45, 7) is 4.85. The van der Waals surface area contributed by atoms with E-state index in [0.29, 0.717) is 10.8 Å². The van der Waals surface area contributed by atoms with Crippen LogP contribution in [0.4, 0.5) is 15.9 Å². The molecule has 6 heteroatoms. The fourth-order valence-electron chi connectivity index (χ4n) is 3.19. The molecule has 0 radical (unpaired) electrons. The van der Waals surface area contributed by atoms with Crippen molar-refractivity contribution in [2.45, 2.75) is 26.8 Å². The van der Waals surface area contributed by atoms with Gasteiger partial charge in [0.1, 0.15) is 17.5 Å². The average molecular weight is 395 g/mol. The summed E-state index contributed by atoms with van der Waals surface area (Å²) in [7, 11) is 0. The molecule has 0 spiro atoms. The average Bonchev–Trinajstić information content (AvgIpc) is 3.03. The second-order valence-corrected chi connectivity index (χ2v) is 7.17. The number of aryl methyl sites for hydroxylation is 2. The van der Waals surface area contributed by atoms with Gasteiger partial charge in [-0.1, -0.05) is 36.2 Å². The summed E-state index contributed by atoms with van der Waals surface area (Å²) in [6.07, 6.45) is 2.65. The molecule has 0 aliphatic carbocycles. The maximum Gasteiger partial charge on any atom is 0.149 e. The Labute approximate surface area is 168 Å². The lowest BCUT2D eigenvalue weighted by Crippen LogP contribution is -2.01. The van der Waals surface area contributed by atoms with Gasteiger partial charge in [0, 0.05) is 24.0 Å². The van der Waals surface area contributed by atoms with Crippen molar-refractivity contribution in [2.24, 2.45) is 0 Å². The van der Waals surface area contributed by atoms with Crippen molar-refractivity contribution in [1.29, 1.82) is 0 Å². The van der Waals surface area contributed by atoms with Crippen molar-refractivity contribution in [1.82, 2.24) is 14.5 Å². The SMILES string of the molecule is CCCn1c(-c2cnc(Nc3ccc(C)cc3)c(Cl)c2)nc2ccc(F)cc21. The van der Waals surface area contributed by atoms with Crippen LogP contribution < -0.4 is 5.32 Å². The molecule has 4 rings (SSSR count). The normalized spacial score (nSPS) is 11.1. The van der Waals surface area contributed by atoms with Gasteiger partial charge < -0.3 is 9.88 Å². The van der Waals surface area contributed by atoms with Crippen molar-refractivity contribution < 1.29 is 4.39 Å². The van der Waals surface area contributed by atoms with Gasteiger partial charge in [-0.2, -0.15) is 0 Å². The first-order chi connectivity index (χ1) is 13.5. The molecule has 1 N–H and O–H groups in total. The van der Waals surface area contributed by atoms with Crippen LogP contribution in [0.25, 0.3) is 22.4 Å². The van der Waals surface area contributed by atoms with Gasteiger partial charge in [-0.05, 0) is 49.7 Å². The van der Waals surface area contributed by atoms with Crippen molar-refractivity contribution in [3.63, 3.8) is 0 Å². The van der Waals surface area contributed by atoms with Gasteiger partial charge >= 0.3 is 0 Å². The molecule has 0 fully saturated rings. The third-order valence-corrected chi connectivity index (χ3v) is 4.86. The van der Waals surface area contributed by atoms with Crippen molar-refractivity contribution in [2.75, 3.05) is 5.32 Å². The summed E-state index contributed by atoms with van der Waals surface area (Å²) in [4.78, 5) is 9.18. The molecule has 0 aliphatic heterocycles. The third-order valence-electron chi connectivity index (χ3n) is 4.57. The van der Waals surface area contributed by atoms with Gasteiger partial charge in [0.2, 0.25) is 0 Å². The fraction of sp³-hybridized carbons (Fsp3) is 0.182. The highest BCUT2D eigenvalue weighted by molar-refractivity contribution is 6.33. The quantitative estimate of drug-likeness (QED) is 0.428. The van der Waals surface area contributed by atoms with Crippen LogP contribution in [0.1, 0.15) is 18.9 Å². The topological polar surface area (TPSA) is 42.7 Å². The first kappa shape index (κ1) is 18.4. The summed E-state index contributed by atoms with van der Waals surface area (Å²) in [6, 6.07) is 14.5. The van der Waals surface area contributed by atoms with Crippen LogP contribution in [0.15, 0.2) is 54.7 Å². The number of nitrogens with one attached hydrogen (secondary N) is 1. The third kappa shape index (κ3) is 3.58. The zero-order valence-corrected chi connectivity index (χ0v) is 16.5. The van der Waals surface area contributed by atoms with Crippen LogP contribution in [0.2, 0.25) is 5.02 Å². The van der Waals surface area contributed by atoms with Gasteiger partial charge in [0.25, 0.3) is 0 Å². The number of nitrogens with zero attached hydrogens (tertiary/aromatic N) is 3. The number of hydrogen-bond donors (Lipinski definition) is 1. The highest BCUT2D eigenvalue weighted by Gasteiger charge is 2.15. The van der Waals surface area contributed by atoms with Gasteiger partial charge in [0.05, 0.1) is 16.1 Å². The van der Waals surface area contributed by atoms with Crippen LogP contribution in [0, 0.1) is 12.7 Å². The first-order valence-corrected chi connectivity index (χ1v) is 9.58. The second kappa shape index (κ2) is 7.60. The number of aromatic nitrogens is 3. The van der Waals surface area contributed by atoms with Gasteiger partial charge in [-0.3, -0.25) is 0 Å². The van der Waals surface area contributed by atoms with Crippen LogP contribution in [-0.4, -0.2) is 14.5 Å². The smallest absolute Gasteiger partial charge is 0.149 e. The lowest BCUT2D eigenvalue weighted by molar-refractivity contribution is 0.627. The summed E-state index contributed by atoms with van der Waals surface area (Å²) in [5, 5.41) is 3.73. The minimum atomic E-state index is -0.273. The number of pyridine rings is 1. The van der Waals surface area contributed by atoms with Crippen LogP contribution in [-0.2, 0) is 6.54 Å². The Morgan fingerprint density at radius 1 is 1.11 bits per heavy atom. The van der Waals surface area contributed by atoms with E-state index in [9.17, 15) is 4.39 Å². The van der Waals surface area contributed by atoms with Crippen LogP contribution in [0.3, 0.4) is 0 Å². The van der Waals surface area contributed by atoms with E-state index < -0.39 is 0 Å². The summed E-state index contributed by atoms with van der Waals surface area (Å²) < 4.78 is 15.7. The Hall–Kier alpha value is -2.92. The summed E-state index contributed by atoms with van der Waals surface area (Å²) >= 11 is 6.49. The molecular formula is C22H20ClFN4. The van der Waals surface area contributed by atoms with Crippen LogP contribution >= 0.6 is 11.6 Å². The highest BCUT2D eigenvalue weighted by atomic mass is 35.5. The lowest BCUT2D eigenvalue weighted by Gasteiger charge is -2.11. The Balaban J connectivity index is 1.72. The Morgan fingerprint density at radius 2 is 1.89 bits per heavy atom. The molecule has 28 heavy (non-hydrogen) atoms. The maximum atomic E-state index is 13.7. The molecule has 2 heterocycles. The van der Waals surface area contributed by atoms with Crippen LogP contribution in [0.5, 0.6) is 0 Å². The predicted molar refractivity (Wildman–Crippen MR) is 113 cm³/mol. The molecular weight excluding hydrogens is 375 g/mol. The lowest BCUT2D eigenvalue weighted by atomic mass is 10.2. The zero-order chi connectivity index (χ0) is 19.7. The summed E-state index contributed by atoms with van der Waals surface area (Å²) in [5.41, 5.74) is 4.43. The molecule has 0 saturated heterocycles. The molecule has 2 aromatic heterocycles. The van der Waals surface area contributed by atoms with Gasteiger partial charge in [0.15, 0.2) is 0 Å². The molecule has 0 aliphatic rings. The highest BCUT2D eigenvalue weighted by Crippen LogP contribution is 2.30. The van der Waals surface area contributed by atoms with Gasteiger partial charge in [-0.25, -0.2) is 14.4 Å². The molecule has 0 saturated carbocycles. The van der Waals surface area contributed by atoms with E-state index in [0.717, 1.165) is 41.1 Å². The monoisotopic (exact) mass is 394 g/mol. The molecule has 0 bridgehead atoms. The largest absolute Gasteiger partial charge is 0.339 e. The standard InChI is InChI=1S/C22H20ClFN4/c1-3-10-28-20-12-16(24)6-9-19(20)27-22(28)15-11-18(23)21(25-13-15)26-17-7-4-14(2)5-8-17/h4-9,11-13H,3,10H2,1-2H3,(H,25,26). The minimum Gasteiger partial charge on any atom is -0.339 e. The molecule has 4 nitrogen and oxygen atoms in total. The number of anilines is 2. The number of benzene rings is 2. The van der Waals surface area contributed by atoms with E-state index in [2.05, 4.69) is 22.2 Å². The Kier molecular flexibility index (Phi) is 5.01. The Morgan fingerprint density at radius 3 is 2.61 bits per heavy atom. The van der Waals surface area contributed by atoms with E-state index in [1.54, 1.807) is 12.3 Å². The van der Waals surface area contributed by atoms with Crippen molar-refractivity contribution in [3.8, 4) is 11.4 Å². The van der Waals surface area contributed by atoms with E-state index in [4.69, 9.17) is 11.6 Å². The summed E-state index contributed by atoms with van der Waals surface area (Å²) in [5.74, 6) is 1.04. The predicted octanol–water partition coefficient (Wildman–Crippen LogP) is 6.35. The first-order valence-electron chi connectivity index (χ1n) is 9.20. The van der Waals surface area contributed by atoms with E-state index in [1.807, 2.05) is 41.8 Å². The number of hydrogen-bond acceptors (Lipinski definition) is 3. The molecule has 0 atom stereocenters. The molecule has 2 aromatic carbocycles. The van der Waals surface area contributed by atoms with E-state index >= 15 is 0 Å². The maximum absolute atomic E-state index is 13.7. The van der Waals surface area contributed by atoms with Gasteiger partial charge in [-0.15, -0.1) is 0 Å². The number of halogens is 2. The molecule has 4 aromatic rings. The number of rotatable bonds is 5. The number of imidazole rings is 1. The second-order valence-electron chi connectivity index (χ2n) is 6.77.